The Labute approximate surface area is 158 Å². The molecule has 1 atom stereocenters. The van der Waals surface area contributed by atoms with Crippen LogP contribution in [0, 0.1) is 6.92 Å². The topological polar surface area (TPSA) is 71.4 Å². The summed E-state index contributed by atoms with van der Waals surface area (Å²) in [6.45, 7) is 4.03. The molecule has 2 heterocycles. The Morgan fingerprint density at radius 3 is 2.67 bits per heavy atom. The monoisotopic (exact) mass is 366 g/mol. The summed E-state index contributed by atoms with van der Waals surface area (Å²) in [5.74, 6) is 1.21. The molecular formula is C21H22N2O4. The van der Waals surface area contributed by atoms with E-state index in [2.05, 4.69) is 5.10 Å². The fourth-order valence-electron chi connectivity index (χ4n) is 3.48. The van der Waals surface area contributed by atoms with Crippen LogP contribution in [0.15, 0.2) is 47.6 Å². The van der Waals surface area contributed by atoms with Crippen LogP contribution in [0.2, 0.25) is 0 Å². The molecule has 0 aliphatic carbocycles. The highest BCUT2D eigenvalue weighted by Gasteiger charge is 2.44. The molecule has 0 fully saturated rings. The Bertz CT molecular complexity index is 907. The lowest BCUT2D eigenvalue weighted by Gasteiger charge is -2.31. The van der Waals surface area contributed by atoms with Gasteiger partial charge in [-0.2, -0.15) is 10.1 Å². The van der Waals surface area contributed by atoms with E-state index in [-0.39, 0.29) is 19.1 Å². The summed E-state index contributed by atoms with van der Waals surface area (Å²) in [7, 11) is 0. The number of hydrogen-bond acceptors (Lipinski definition) is 5. The van der Waals surface area contributed by atoms with Crippen molar-refractivity contribution in [2.75, 3.05) is 6.79 Å². The number of carbonyl (C=O) groups excluding carboxylic acids is 1. The van der Waals surface area contributed by atoms with Crippen LogP contribution < -0.4 is 9.47 Å². The van der Waals surface area contributed by atoms with Gasteiger partial charge in [0.25, 0.3) is 0 Å². The normalized spacial score (nSPS) is 20.7. The van der Waals surface area contributed by atoms with E-state index >= 15 is 0 Å². The van der Waals surface area contributed by atoms with Gasteiger partial charge in [-0.05, 0) is 38.0 Å². The minimum Gasteiger partial charge on any atom is -0.454 e. The second-order valence-electron chi connectivity index (χ2n) is 7.09. The molecule has 0 aromatic heterocycles. The number of fused-ring (bicyclic) bond motifs is 1. The van der Waals surface area contributed by atoms with Crippen LogP contribution >= 0.6 is 0 Å². The maximum Gasteiger partial charge on any atom is 0.245 e. The summed E-state index contributed by atoms with van der Waals surface area (Å²) in [4.78, 5) is 12.9. The SMILES string of the molecule is CC1=NN(C(=O)CCc2ccc3c(c2)OCO3)[C@@](O)(c2ccc(C)cc2)C1. The fraction of sp³-hybridized carbons (Fsp3) is 0.333. The highest BCUT2D eigenvalue weighted by molar-refractivity contribution is 5.89. The van der Waals surface area contributed by atoms with Crippen LogP contribution in [0.3, 0.4) is 0 Å². The second kappa shape index (κ2) is 6.70. The van der Waals surface area contributed by atoms with E-state index in [1.165, 1.54) is 5.01 Å². The van der Waals surface area contributed by atoms with Gasteiger partial charge >= 0.3 is 0 Å². The quantitative estimate of drug-likeness (QED) is 0.903. The van der Waals surface area contributed by atoms with Gasteiger partial charge in [-0.15, -0.1) is 0 Å². The van der Waals surface area contributed by atoms with Gasteiger partial charge in [0.15, 0.2) is 17.2 Å². The molecule has 1 amide bonds. The van der Waals surface area contributed by atoms with E-state index in [1.807, 2.05) is 56.3 Å². The number of aryl methyl sites for hydroxylation is 2. The third-order valence-corrected chi connectivity index (χ3v) is 4.94. The molecule has 2 aliphatic rings. The lowest BCUT2D eigenvalue weighted by Crippen LogP contribution is -2.43. The van der Waals surface area contributed by atoms with Crippen molar-refractivity contribution in [3.05, 3.63) is 59.2 Å². The second-order valence-corrected chi connectivity index (χ2v) is 7.09. The molecule has 27 heavy (non-hydrogen) atoms. The summed E-state index contributed by atoms with van der Waals surface area (Å²) < 4.78 is 10.7. The zero-order valence-electron chi connectivity index (χ0n) is 15.4. The molecule has 0 radical (unpaired) electrons. The Balaban J connectivity index is 1.50. The van der Waals surface area contributed by atoms with Crippen LogP contribution in [0.5, 0.6) is 11.5 Å². The van der Waals surface area contributed by atoms with Crippen molar-refractivity contribution in [3.8, 4) is 11.5 Å². The summed E-state index contributed by atoms with van der Waals surface area (Å²) in [6.07, 6.45) is 1.08. The van der Waals surface area contributed by atoms with Crippen molar-refractivity contribution in [1.29, 1.82) is 0 Å². The number of hydrazone groups is 1. The van der Waals surface area contributed by atoms with Crippen molar-refractivity contribution in [2.24, 2.45) is 5.10 Å². The van der Waals surface area contributed by atoms with Crippen LogP contribution in [-0.4, -0.2) is 28.5 Å². The summed E-state index contributed by atoms with van der Waals surface area (Å²) in [5.41, 5.74) is 2.05. The van der Waals surface area contributed by atoms with Crippen molar-refractivity contribution < 1.29 is 19.4 Å². The maximum atomic E-state index is 12.9. The first kappa shape index (κ1) is 17.5. The van der Waals surface area contributed by atoms with Crippen molar-refractivity contribution >= 4 is 11.6 Å². The van der Waals surface area contributed by atoms with Crippen molar-refractivity contribution in [3.63, 3.8) is 0 Å². The van der Waals surface area contributed by atoms with Crippen LogP contribution in [0.1, 0.15) is 36.5 Å². The molecule has 0 bridgehead atoms. The molecule has 0 spiro atoms. The Morgan fingerprint density at radius 2 is 1.89 bits per heavy atom. The van der Waals surface area contributed by atoms with Gasteiger partial charge < -0.3 is 14.6 Å². The van der Waals surface area contributed by atoms with Crippen molar-refractivity contribution in [2.45, 2.75) is 38.8 Å². The van der Waals surface area contributed by atoms with Gasteiger partial charge in [-0.25, -0.2) is 0 Å². The largest absolute Gasteiger partial charge is 0.454 e. The third-order valence-electron chi connectivity index (χ3n) is 4.94. The van der Waals surface area contributed by atoms with Crippen molar-refractivity contribution in [1.82, 2.24) is 5.01 Å². The highest BCUT2D eigenvalue weighted by Crippen LogP contribution is 2.36. The van der Waals surface area contributed by atoms with E-state index in [4.69, 9.17) is 9.47 Å². The number of benzene rings is 2. The van der Waals surface area contributed by atoms with E-state index in [0.717, 1.165) is 22.6 Å². The fourth-order valence-corrected chi connectivity index (χ4v) is 3.48. The first-order chi connectivity index (χ1) is 13.0. The highest BCUT2D eigenvalue weighted by atomic mass is 16.7. The number of hydrogen-bond donors (Lipinski definition) is 1. The molecule has 4 rings (SSSR count). The minimum absolute atomic E-state index is 0.215. The van der Waals surface area contributed by atoms with Crippen LogP contribution in [0.25, 0.3) is 0 Å². The zero-order chi connectivity index (χ0) is 19.0. The molecule has 0 unspecified atom stereocenters. The minimum atomic E-state index is -1.43. The molecule has 6 nitrogen and oxygen atoms in total. The van der Waals surface area contributed by atoms with Gasteiger partial charge in [0.2, 0.25) is 12.7 Å². The average molecular weight is 366 g/mol. The van der Waals surface area contributed by atoms with E-state index in [1.54, 1.807) is 0 Å². The average Bonchev–Trinajstić information content (AvgIpc) is 3.24. The van der Waals surface area contributed by atoms with Crippen LogP contribution in [-0.2, 0) is 16.9 Å². The third kappa shape index (κ3) is 3.28. The number of rotatable bonds is 4. The molecule has 2 aromatic carbocycles. The molecular weight excluding hydrogens is 344 g/mol. The maximum absolute atomic E-state index is 12.9. The standard InChI is InChI=1S/C21H22N2O4/c1-14-3-7-17(8-4-14)21(25)12-15(2)22-23(21)20(24)10-6-16-5-9-18-19(11-16)27-13-26-18/h3-5,7-9,11,25H,6,10,12-13H2,1-2H3/t21-/m0/s1. The number of ether oxygens (including phenoxy) is 2. The molecule has 2 aliphatic heterocycles. The molecule has 0 saturated heterocycles. The van der Waals surface area contributed by atoms with E-state index in [0.29, 0.717) is 24.2 Å². The first-order valence-electron chi connectivity index (χ1n) is 9.01. The van der Waals surface area contributed by atoms with Gasteiger partial charge in [-0.1, -0.05) is 35.9 Å². The number of carbonyl (C=O) groups is 1. The predicted molar refractivity (Wildman–Crippen MR) is 101 cm³/mol. The first-order valence-corrected chi connectivity index (χ1v) is 9.01. The Hall–Kier alpha value is -2.86. The smallest absolute Gasteiger partial charge is 0.245 e. The zero-order valence-corrected chi connectivity index (χ0v) is 15.4. The van der Waals surface area contributed by atoms with Gasteiger partial charge in [0.05, 0.1) is 0 Å². The summed E-state index contributed by atoms with van der Waals surface area (Å²) in [6, 6.07) is 13.2. The van der Waals surface area contributed by atoms with Gasteiger partial charge in [0.1, 0.15) is 0 Å². The lowest BCUT2D eigenvalue weighted by atomic mass is 9.96. The molecule has 2 aromatic rings. The number of aliphatic hydroxyl groups is 1. The number of nitrogens with zero attached hydrogens (tertiary/aromatic N) is 2. The predicted octanol–water partition coefficient (Wildman–Crippen LogP) is 3.11. The van der Waals surface area contributed by atoms with Gasteiger partial charge in [-0.3, -0.25) is 4.79 Å². The van der Waals surface area contributed by atoms with Gasteiger partial charge in [0, 0.05) is 24.1 Å². The van der Waals surface area contributed by atoms with Crippen LogP contribution in [0.4, 0.5) is 0 Å². The molecule has 1 N–H and O–H groups in total. The molecule has 6 heteroatoms. The Morgan fingerprint density at radius 1 is 1.15 bits per heavy atom. The summed E-state index contributed by atoms with van der Waals surface area (Å²) in [5, 5.41) is 16.8. The molecule has 140 valence electrons. The summed E-state index contributed by atoms with van der Waals surface area (Å²) >= 11 is 0. The van der Waals surface area contributed by atoms with E-state index < -0.39 is 5.72 Å². The number of amides is 1. The Kier molecular flexibility index (Phi) is 4.36. The lowest BCUT2D eigenvalue weighted by molar-refractivity contribution is -0.157. The van der Waals surface area contributed by atoms with E-state index in [9.17, 15) is 9.90 Å². The molecule has 0 saturated carbocycles.